The predicted octanol–water partition coefficient (Wildman–Crippen LogP) is 5.14. The van der Waals surface area contributed by atoms with Gasteiger partial charge in [-0.05, 0) is 103 Å². The summed E-state index contributed by atoms with van der Waals surface area (Å²) in [5, 5.41) is 12.5. The van der Waals surface area contributed by atoms with Crippen molar-refractivity contribution in [3.8, 4) is 11.5 Å². The molecular weight excluding hydrogens is 488 g/mol. The minimum Gasteiger partial charge on any atom is -0.488 e. The van der Waals surface area contributed by atoms with Crippen molar-refractivity contribution in [2.24, 2.45) is 0 Å². The van der Waals surface area contributed by atoms with Gasteiger partial charge in [-0.15, -0.1) is 0 Å². The first kappa shape index (κ1) is 28.8. The van der Waals surface area contributed by atoms with Crippen LogP contribution in [0.25, 0.3) is 0 Å². The number of carbonyl (C=O) groups is 3. The van der Waals surface area contributed by atoms with Crippen LogP contribution in [0.5, 0.6) is 11.5 Å². The highest BCUT2D eigenvalue weighted by molar-refractivity contribution is 5.94. The van der Waals surface area contributed by atoms with E-state index < -0.39 is 30.1 Å². The number of hydrogen-bond acceptors (Lipinski definition) is 6. The van der Waals surface area contributed by atoms with Crippen molar-refractivity contribution in [3.05, 3.63) is 59.7 Å². The first-order chi connectivity index (χ1) is 17.7. The summed E-state index contributed by atoms with van der Waals surface area (Å²) in [7, 11) is 0. The number of nitrogens with one attached hydrogen (secondary N) is 1. The van der Waals surface area contributed by atoms with E-state index in [9.17, 15) is 19.5 Å². The van der Waals surface area contributed by atoms with Gasteiger partial charge in [-0.2, -0.15) is 0 Å². The number of esters is 1. The van der Waals surface area contributed by atoms with Crippen LogP contribution in [0, 0.1) is 0 Å². The number of benzene rings is 2. The molecule has 0 radical (unpaired) electrons. The summed E-state index contributed by atoms with van der Waals surface area (Å²) in [5.74, 6) is 0.314. The minimum atomic E-state index is -1.09. The molecule has 9 heteroatoms. The lowest BCUT2D eigenvalue weighted by molar-refractivity contribution is 0.0179. The number of carbonyl (C=O) groups excluding carboxylic acids is 2. The molecule has 9 nitrogen and oxygen atoms in total. The Morgan fingerprint density at radius 3 is 1.82 bits per heavy atom. The summed E-state index contributed by atoms with van der Waals surface area (Å²) in [5.41, 5.74) is -0.0208. The molecule has 2 aromatic carbocycles. The van der Waals surface area contributed by atoms with E-state index in [4.69, 9.17) is 14.2 Å². The number of nitrogens with zero attached hydrogens (tertiary/aromatic N) is 1. The van der Waals surface area contributed by atoms with Crippen LogP contribution in [0.3, 0.4) is 0 Å². The van der Waals surface area contributed by atoms with Crippen LogP contribution in [-0.2, 0) is 4.74 Å². The Kier molecular flexibility index (Phi) is 8.91. The van der Waals surface area contributed by atoms with Gasteiger partial charge in [-0.25, -0.2) is 9.59 Å². The molecule has 2 aromatic rings. The van der Waals surface area contributed by atoms with Gasteiger partial charge < -0.3 is 29.5 Å². The van der Waals surface area contributed by atoms with Gasteiger partial charge in [-0.3, -0.25) is 4.79 Å². The fourth-order valence-corrected chi connectivity index (χ4v) is 4.08. The minimum absolute atomic E-state index is 0.00258. The lowest BCUT2D eigenvalue weighted by Gasteiger charge is -2.28. The van der Waals surface area contributed by atoms with Crippen LogP contribution < -0.4 is 14.8 Å². The maximum atomic E-state index is 13.1. The van der Waals surface area contributed by atoms with E-state index in [1.165, 1.54) is 4.90 Å². The summed E-state index contributed by atoms with van der Waals surface area (Å²) in [6, 6.07) is 12.6. The van der Waals surface area contributed by atoms with Crippen LogP contribution in [0.4, 0.5) is 4.79 Å². The molecule has 0 spiro atoms. The zero-order valence-corrected chi connectivity index (χ0v) is 22.9. The van der Waals surface area contributed by atoms with E-state index in [-0.39, 0.29) is 24.3 Å². The Morgan fingerprint density at radius 2 is 1.34 bits per heavy atom. The highest BCUT2D eigenvalue weighted by atomic mass is 16.5. The first-order valence-corrected chi connectivity index (χ1v) is 12.8. The van der Waals surface area contributed by atoms with Gasteiger partial charge in [-0.1, -0.05) is 0 Å². The number of likely N-dealkylation sites (tertiary alicyclic amines) is 1. The van der Waals surface area contributed by atoms with Crippen LogP contribution in [0.2, 0.25) is 0 Å². The van der Waals surface area contributed by atoms with E-state index in [0.29, 0.717) is 35.5 Å². The molecule has 38 heavy (non-hydrogen) atoms. The largest absolute Gasteiger partial charge is 0.488 e. The van der Waals surface area contributed by atoms with Gasteiger partial charge in [0.25, 0.3) is 5.91 Å². The Hall–Kier alpha value is -3.75. The summed E-state index contributed by atoms with van der Waals surface area (Å²) in [6.07, 6.45) is -0.892. The molecule has 1 aliphatic rings. The van der Waals surface area contributed by atoms with E-state index in [0.717, 1.165) is 0 Å². The van der Waals surface area contributed by atoms with Crippen molar-refractivity contribution in [1.82, 2.24) is 10.2 Å². The molecule has 0 aliphatic carbocycles. The smallest absolute Gasteiger partial charge is 0.407 e. The molecule has 1 saturated heterocycles. The molecule has 1 heterocycles. The van der Waals surface area contributed by atoms with Crippen LogP contribution in [0.1, 0.15) is 75.1 Å². The summed E-state index contributed by atoms with van der Waals surface area (Å²) < 4.78 is 17.4. The Labute approximate surface area is 224 Å². The van der Waals surface area contributed by atoms with Gasteiger partial charge in [0, 0.05) is 18.7 Å². The molecule has 206 valence electrons. The molecule has 1 fully saturated rings. The van der Waals surface area contributed by atoms with Crippen molar-refractivity contribution in [1.29, 1.82) is 0 Å². The summed E-state index contributed by atoms with van der Waals surface area (Å²) in [6.45, 7) is 11.9. The average molecular weight is 527 g/mol. The molecule has 2 amide bonds. The topological polar surface area (TPSA) is 114 Å². The molecule has 0 aromatic heterocycles. The van der Waals surface area contributed by atoms with E-state index in [2.05, 4.69) is 5.32 Å². The van der Waals surface area contributed by atoms with Gasteiger partial charge >= 0.3 is 12.1 Å². The van der Waals surface area contributed by atoms with Crippen molar-refractivity contribution in [2.45, 2.75) is 77.7 Å². The second-order valence-electron chi connectivity index (χ2n) is 11.4. The number of amides is 2. The fraction of sp³-hybridized carbons (Fsp3) is 0.483. The van der Waals surface area contributed by atoms with E-state index in [1.807, 2.05) is 41.5 Å². The highest BCUT2D eigenvalue weighted by Gasteiger charge is 2.33. The Morgan fingerprint density at radius 1 is 0.842 bits per heavy atom. The molecule has 1 aliphatic heterocycles. The van der Waals surface area contributed by atoms with Crippen molar-refractivity contribution < 1.29 is 33.7 Å². The van der Waals surface area contributed by atoms with Crippen LogP contribution in [-0.4, -0.2) is 64.4 Å². The van der Waals surface area contributed by atoms with Crippen LogP contribution in [0.15, 0.2) is 48.5 Å². The Balaban J connectivity index is 1.73. The number of ether oxygens (including phenoxy) is 3. The van der Waals surface area contributed by atoms with Crippen LogP contribution >= 0.6 is 0 Å². The van der Waals surface area contributed by atoms with Crippen molar-refractivity contribution in [2.75, 3.05) is 13.1 Å². The second kappa shape index (κ2) is 11.8. The fourth-order valence-electron chi connectivity index (χ4n) is 4.08. The maximum absolute atomic E-state index is 13.1. The third-order valence-corrected chi connectivity index (χ3v) is 5.68. The molecule has 3 rings (SSSR count). The monoisotopic (exact) mass is 526 g/mol. The summed E-state index contributed by atoms with van der Waals surface area (Å²) >= 11 is 0. The SMILES string of the molecule is CC(C)(C)Oc1ccc(C(=O)N[C@@H]2CN(C(=O)O)CCC[C@H]2OC(=O)c2ccc(OC(C)(C)C)cc2)cc1. The van der Waals surface area contributed by atoms with Crippen molar-refractivity contribution in [3.63, 3.8) is 0 Å². The first-order valence-electron chi connectivity index (χ1n) is 12.8. The van der Waals surface area contributed by atoms with E-state index >= 15 is 0 Å². The molecule has 2 atom stereocenters. The molecule has 0 saturated carbocycles. The molecular formula is C29H38N2O7. The standard InChI is InChI=1S/C29H38N2O7/c1-28(2,3)37-21-13-9-19(10-14-21)25(32)30-23-18-31(27(34)35)17-7-8-24(23)36-26(33)20-11-15-22(16-12-20)38-29(4,5)6/h9-16,23-24H,7-8,17-18H2,1-6H3,(H,30,32)(H,34,35)/t23-,24-/m1/s1. The highest BCUT2D eigenvalue weighted by Crippen LogP contribution is 2.22. The molecule has 0 unspecified atom stereocenters. The van der Waals surface area contributed by atoms with Crippen molar-refractivity contribution >= 4 is 18.0 Å². The number of rotatable bonds is 6. The second-order valence-corrected chi connectivity index (χ2v) is 11.4. The number of carboxylic acid groups (broad SMARTS) is 1. The normalized spacial score (nSPS) is 18.2. The maximum Gasteiger partial charge on any atom is 0.407 e. The third kappa shape index (κ3) is 8.68. The van der Waals surface area contributed by atoms with E-state index in [1.54, 1.807) is 48.5 Å². The van der Waals surface area contributed by atoms with Gasteiger partial charge in [0.15, 0.2) is 0 Å². The quantitative estimate of drug-likeness (QED) is 0.501. The lowest BCUT2D eigenvalue weighted by Crippen LogP contribution is -2.51. The average Bonchev–Trinajstić information content (AvgIpc) is 3.00. The molecule has 2 N–H and O–H groups in total. The van der Waals surface area contributed by atoms with Gasteiger partial charge in [0.05, 0.1) is 11.6 Å². The third-order valence-electron chi connectivity index (χ3n) is 5.68. The Bertz CT molecular complexity index is 1120. The molecule has 0 bridgehead atoms. The zero-order chi connectivity index (χ0) is 28.1. The van der Waals surface area contributed by atoms with Gasteiger partial charge in [0.2, 0.25) is 0 Å². The number of hydrogen-bond donors (Lipinski definition) is 2. The summed E-state index contributed by atoms with van der Waals surface area (Å²) in [4.78, 5) is 39.0. The lowest BCUT2D eigenvalue weighted by atomic mass is 10.1. The zero-order valence-electron chi connectivity index (χ0n) is 22.9. The van der Waals surface area contributed by atoms with Gasteiger partial charge in [0.1, 0.15) is 28.8 Å². The predicted molar refractivity (Wildman–Crippen MR) is 143 cm³/mol.